The fourth-order valence-electron chi connectivity index (χ4n) is 0.850. The van der Waals surface area contributed by atoms with E-state index in [1.807, 2.05) is 18.2 Å². The summed E-state index contributed by atoms with van der Waals surface area (Å²) in [6.45, 7) is 0. The normalized spacial score (nSPS) is 8.58. The maximum atomic E-state index is 10.8. The van der Waals surface area contributed by atoms with Gasteiger partial charge in [-0.1, -0.05) is 30.3 Å². The van der Waals surface area contributed by atoms with Crippen LogP contribution in [0.25, 0.3) is 0 Å². The maximum Gasteiger partial charge on any atom is 0.326 e. The summed E-state index contributed by atoms with van der Waals surface area (Å²) in [7, 11) is 0. The first kappa shape index (κ1) is 8.28. The lowest BCUT2D eigenvalue weighted by atomic mass is 10.2. The highest BCUT2D eigenvalue weighted by Gasteiger charge is 2.02. The number of nitriles is 1. The Labute approximate surface area is 70.2 Å². The molecular weight excluding hydrogens is 154 g/mol. The molecule has 0 saturated carbocycles. The monoisotopic (exact) mass is 161 g/mol. The zero-order valence-electron chi connectivity index (χ0n) is 6.36. The van der Waals surface area contributed by atoms with Crippen LogP contribution in [-0.4, -0.2) is 5.97 Å². The van der Waals surface area contributed by atoms with Gasteiger partial charge in [0, 0.05) is 0 Å². The van der Waals surface area contributed by atoms with E-state index >= 15 is 0 Å². The van der Waals surface area contributed by atoms with E-state index in [1.54, 1.807) is 12.1 Å². The van der Waals surface area contributed by atoms with Gasteiger partial charge in [0.05, 0.1) is 6.42 Å². The summed E-state index contributed by atoms with van der Waals surface area (Å²) in [4.78, 5) is 10.8. The molecule has 3 nitrogen and oxygen atoms in total. The molecule has 0 fully saturated rings. The summed E-state index contributed by atoms with van der Waals surface area (Å²) in [5.74, 6) is -0.524. The Hall–Kier alpha value is -1.82. The zero-order chi connectivity index (χ0) is 8.81. The fourth-order valence-corrected chi connectivity index (χ4v) is 0.850. The number of hydrogen-bond acceptors (Lipinski definition) is 3. The van der Waals surface area contributed by atoms with E-state index in [9.17, 15) is 4.79 Å². The molecule has 0 radical (unpaired) electrons. The fraction of sp³-hybridized carbons (Fsp3) is 0.111. The van der Waals surface area contributed by atoms with Crippen LogP contribution in [0, 0.1) is 11.5 Å². The van der Waals surface area contributed by atoms with Crippen LogP contribution in [0.4, 0.5) is 0 Å². The Balaban J connectivity index is 2.54. The molecule has 0 amide bonds. The molecule has 0 aliphatic heterocycles. The molecule has 0 spiro atoms. The molecule has 0 aromatic heterocycles. The van der Waals surface area contributed by atoms with Gasteiger partial charge in [0.2, 0.25) is 0 Å². The average molecular weight is 161 g/mol. The topological polar surface area (TPSA) is 50.1 Å². The summed E-state index contributed by atoms with van der Waals surface area (Å²) in [6, 6.07) is 9.13. The number of nitrogens with zero attached hydrogens (tertiary/aromatic N) is 1. The molecule has 0 unspecified atom stereocenters. The van der Waals surface area contributed by atoms with Crippen molar-refractivity contribution in [2.24, 2.45) is 0 Å². The van der Waals surface area contributed by atoms with E-state index in [-0.39, 0.29) is 6.42 Å². The second-order valence-corrected chi connectivity index (χ2v) is 2.23. The number of esters is 1. The molecule has 0 bridgehead atoms. The molecule has 0 N–H and O–H groups in total. The van der Waals surface area contributed by atoms with Gasteiger partial charge < -0.3 is 4.74 Å². The van der Waals surface area contributed by atoms with Gasteiger partial charge in [0.1, 0.15) is 0 Å². The van der Waals surface area contributed by atoms with E-state index in [2.05, 4.69) is 4.74 Å². The predicted octanol–water partition coefficient (Wildman–Crippen LogP) is 1.25. The number of carbonyl (C=O) groups is 1. The highest BCUT2D eigenvalue weighted by molar-refractivity contribution is 5.73. The molecule has 0 aliphatic rings. The largest absolute Gasteiger partial charge is 0.351 e. The average Bonchev–Trinajstić information content (AvgIpc) is 2.06. The van der Waals surface area contributed by atoms with Crippen LogP contribution in [-0.2, 0) is 16.0 Å². The quantitative estimate of drug-likeness (QED) is 0.484. The molecule has 0 atom stereocenters. The van der Waals surface area contributed by atoms with Crippen LogP contribution < -0.4 is 0 Å². The minimum absolute atomic E-state index is 0.147. The third kappa shape index (κ3) is 2.43. The van der Waals surface area contributed by atoms with Crippen molar-refractivity contribution in [2.45, 2.75) is 6.42 Å². The maximum absolute atomic E-state index is 10.8. The lowest BCUT2D eigenvalue weighted by Crippen LogP contribution is -2.03. The standard InChI is InChI=1S/C9H7NO2/c10-7-12-9(11)6-8-4-2-1-3-5-8/h1-5H,6H2. The number of carbonyl (C=O) groups excluding carboxylic acids is 1. The number of rotatable bonds is 2. The van der Waals surface area contributed by atoms with Crippen molar-refractivity contribution in [3.05, 3.63) is 35.9 Å². The van der Waals surface area contributed by atoms with Crippen molar-refractivity contribution >= 4 is 5.97 Å². The Kier molecular flexibility index (Phi) is 2.86. The number of benzene rings is 1. The summed E-state index contributed by atoms with van der Waals surface area (Å²) < 4.78 is 4.11. The molecule has 1 aromatic carbocycles. The van der Waals surface area contributed by atoms with Crippen LogP contribution in [0.3, 0.4) is 0 Å². The highest BCUT2D eigenvalue weighted by atomic mass is 16.5. The van der Waals surface area contributed by atoms with E-state index in [1.165, 1.54) is 6.26 Å². The Bertz CT molecular complexity index is 300. The molecule has 3 heteroatoms. The summed E-state index contributed by atoms with van der Waals surface area (Å²) in [5.41, 5.74) is 0.845. The van der Waals surface area contributed by atoms with Crippen LogP contribution in [0.5, 0.6) is 0 Å². The van der Waals surface area contributed by atoms with Crippen LogP contribution in [0.15, 0.2) is 30.3 Å². The van der Waals surface area contributed by atoms with Crippen molar-refractivity contribution in [3.63, 3.8) is 0 Å². The van der Waals surface area contributed by atoms with Gasteiger partial charge in [-0.15, -0.1) is 5.26 Å². The van der Waals surface area contributed by atoms with Crippen molar-refractivity contribution in [2.75, 3.05) is 0 Å². The highest BCUT2D eigenvalue weighted by Crippen LogP contribution is 1.99. The lowest BCUT2D eigenvalue weighted by molar-refractivity contribution is -0.136. The first-order chi connectivity index (χ1) is 5.83. The van der Waals surface area contributed by atoms with Gasteiger partial charge in [-0.2, -0.15) is 0 Å². The van der Waals surface area contributed by atoms with Gasteiger partial charge in [-0.05, 0) is 5.56 Å². The smallest absolute Gasteiger partial charge is 0.326 e. The van der Waals surface area contributed by atoms with Crippen molar-refractivity contribution in [1.82, 2.24) is 0 Å². The Morgan fingerprint density at radius 1 is 1.42 bits per heavy atom. The number of hydrogen-bond donors (Lipinski definition) is 0. The molecule has 60 valence electrons. The van der Waals surface area contributed by atoms with Crippen LogP contribution in [0.2, 0.25) is 0 Å². The molecule has 0 aliphatic carbocycles. The zero-order valence-corrected chi connectivity index (χ0v) is 6.36. The molecule has 1 aromatic rings. The van der Waals surface area contributed by atoms with Gasteiger partial charge in [0.15, 0.2) is 0 Å². The number of ether oxygens (including phenoxy) is 1. The first-order valence-electron chi connectivity index (χ1n) is 3.45. The molecule has 0 heterocycles. The van der Waals surface area contributed by atoms with Crippen molar-refractivity contribution in [3.8, 4) is 6.26 Å². The lowest BCUT2D eigenvalue weighted by Gasteiger charge is -1.95. The third-order valence-electron chi connectivity index (χ3n) is 1.35. The van der Waals surface area contributed by atoms with E-state index in [0.717, 1.165) is 5.56 Å². The Morgan fingerprint density at radius 3 is 2.67 bits per heavy atom. The first-order valence-corrected chi connectivity index (χ1v) is 3.45. The van der Waals surface area contributed by atoms with Gasteiger partial charge in [-0.3, -0.25) is 4.79 Å². The molecule has 12 heavy (non-hydrogen) atoms. The summed E-state index contributed by atoms with van der Waals surface area (Å²) in [6.07, 6.45) is 1.49. The Morgan fingerprint density at radius 2 is 2.08 bits per heavy atom. The van der Waals surface area contributed by atoms with Gasteiger partial charge >= 0.3 is 5.97 Å². The van der Waals surface area contributed by atoms with Gasteiger partial charge in [-0.25, -0.2) is 0 Å². The second-order valence-electron chi connectivity index (χ2n) is 2.23. The molecule has 1 rings (SSSR count). The molecule has 0 saturated heterocycles. The van der Waals surface area contributed by atoms with Gasteiger partial charge in [0.25, 0.3) is 6.26 Å². The van der Waals surface area contributed by atoms with E-state index in [0.29, 0.717) is 0 Å². The SMILES string of the molecule is N#COC(=O)Cc1ccccc1. The molecular formula is C9H7NO2. The van der Waals surface area contributed by atoms with Crippen LogP contribution in [0.1, 0.15) is 5.56 Å². The van der Waals surface area contributed by atoms with E-state index < -0.39 is 5.97 Å². The minimum atomic E-state index is -0.524. The van der Waals surface area contributed by atoms with Crippen molar-refractivity contribution in [1.29, 1.82) is 5.26 Å². The predicted molar refractivity (Wildman–Crippen MR) is 41.9 cm³/mol. The van der Waals surface area contributed by atoms with E-state index in [4.69, 9.17) is 5.26 Å². The third-order valence-corrected chi connectivity index (χ3v) is 1.35. The summed E-state index contributed by atoms with van der Waals surface area (Å²) in [5, 5.41) is 8.02. The second kappa shape index (κ2) is 4.14. The summed E-state index contributed by atoms with van der Waals surface area (Å²) >= 11 is 0. The van der Waals surface area contributed by atoms with Crippen LogP contribution >= 0.6 is 0 Å². The van der Waals surface area contributed by atoms with Crippen molar-refractivity contribution < 1.29 is 9.53 Å². The minimum Gasteiger partial charge on any atom is -0.351 e.